The van der Waals surface area contributed by atoms with Crippen molar-refractivity contribution in [2.24, 2.45) is 0 Å². The Kier molecular flexibility index (Phi) is 3.99. The second kappa shape index (κ2) is 6.26. The summed E-state index contributed by atoms with van der Waals surface area (Å²) < 4.78 is 10.6. The minimum atomic E-state index is -0.950. The highest BCUT2D eigenvalue weighted by molar-refractivity contribution is 6.51. The quantitative estimate of drug-likeness (QED) is 0.408. The van der Waals surface area contributed by atoms with E-state index >= 15 is 0 Å². The molecule has 0 spiro atoms. The van der Waals surface area contributed by atoms with Gasteiger partial charge in [-0.25, -0.2) is 0 Å². The average Bonchev–Trinajstić information content (AvgIpc) is 3.39. The third kappa shape index (κ3) is 2.49. The summed E-state index contributed by atoms with van der Waals surface area (Å²) in [6.45, 7) is 7.20. The van der Waals surface area contributed by atoms with Gasteiger partial charge in [-0.2, -0.15) is 0 Å². The average molecular weight is 381 g/mol. The summed E-state index contributed by atoms with van der Waals surface area (Å²) in [5, 5.41) is 15.0. The zero-order chi connectivity index (χ0) is 20.2. The van der Waals surface area contributed by atoms with Crippen molar-refractivity contribution >= 4 is 23.3 Å². The van der Waals surface area contributed by atoms with Crippen LogP contribution in [0.1, 0.15) is 40.1 Å². The first kappa shape index (κ1) is 17.8. The van der Waals surface area contributed by atoms with Gasteiger partial charge in [0.15, 0.2) is 5.82 Å². The molecule has 1 aliphatic rings. The van der Waals surface area contributed by atoms with Gasteiger partial charge in [-0.3, -0.25) is 14.5 Å². The van der Waals surface area contributed by atoms with Crippen molar-refractivity contribution in [2.45, 2.75) is 33.7 Å². The lowest BCUT2D eigenvalue weighted by molar-refractivity contribution is -0.132. The molecule has 3 aromatic heterocycles. The summed E-state index contributed by atoms with van der Waals surface area (Å²) in [4.78, 5) is 30.1. The van der Waals surface area contributed by atoms with E-state index in [1.807, 2.05) is 13.8 Å². The number of hydrogen-bond donors (Lipinski definition) is 2. The number of nitrogens with one attached hydrogen (secondary N) is 1. The predicted molar refractivity (Wildman–Crippen MR) is 99.7 cm³/mol. The molecule has 0 aromatic carbocycles. The van der Waals surface area contributed by atoms with Crippen LogP contribution < -0.4 is 4.90 Å². The Labute approximate surface area is 160 Å². The summed E-state index contributed by atoms with van der Waals surface area (Å²) in [5.41, 5.74) is 2.83. The van der Waals surface area contributed by atoms with Gasteiger partial charge in [0, 0.05) is 23.0 Å². The fourth-order valence-electron chi connectivity index (χ4n) is 3.65. The van der Waals surface area contributed by atoms with Gasteiger partial charge in [0.2, 0.25) is 0 Å². The normalized spacial score (nSPS) is 19.0. The van der Waals surface area contributed by atoms with Crippen molar-refractivity contribution in [3.05, 3.63) is 64.1 Å². The molecule has 28 heavy (non-hydrogen) atoms. The number of H-pyrrole nitrogens is 1. The van der Waals surface area contributed by atoms with Gasteiger partial charge >= 0.3 is 5.91 Å². The number of aromatic nitrogens is 2. The molecule has 0 saturated carbocycles. The fraction of sp³-hybridized carbons (Fsp3) is 0.250. The lowest BCUT2D eigenvalue weighted by atomic mass is 9.97. The van der Waals surface area contributed by atoms with Gasteiger partial charge in [-0.15, -0.1) is 0 Å². The van der Waals surface area contributed by atoms with Gasteiger partial charge in [-0.1, -0.05) is 5.16 Å². The zero-order valence-electron chi connectivity index (χ0n) is 15.9. The number of ketones is 1. The zero-order valence-corrected chi connectivity index (χ0v) is 15.9. The summed E-state index contributed by atoms with van der Waals surface area (Å²) in [6.07, 6.45) is 1.44. The van der Waals surface area contributed by atoms with Crippen LogP contribution in [0.25, 0.3) is 5.76 Å². The molecule has 1 saturated heterocycles. The van der Waals surface area contributed by atoms with E-state index in [2.05, 4.69) is 10.1 Å². The van der Waals surface area contributed by atoms with Crippen LogP contribution in [0.2, 0.25) is 0 Å². The first-order chi connectivity index (χ1) is 13.3. The number of aliphatic hydroxyl groups is 1. The van der Waals surface area contributed by atoms with E-state index in [1.165, 1.54) is 11.2 Å². The largest absolute Gasteiger partial charge is 0.507 e. The van der Waals surface area contributed by atoms with Crippen molar-refractivity contribution in [1.29, 1.82) is 0 Å². The number of nitrogens with zero attached hydrogens (tertiary/aromatic N) is 2. The number of anilines is 1. The molecule has 4 rings (SSSR count). The molecule has 4 heterocycles. The van der Waals surface area contributed by atoms with E-state index in [0.29, 0.717) is 22.8 Å². The van der Waals surface area contributed by atoms with Crippen LogP contribution in [0.15, 0.2) is 39.0 Å². The molecule has 1 atom stereocenters. The molecule has 1 fully saturated rings. The van der Waals surface area contributed by atoms with E-state index in [9.17, 15) is 14.7 Å². The van der Waals surface area contributed by atoms with Crippen molar-refractivity contribution < 1.29 is 23.6 Å². The van der Waals surface area contributed by atoms with Crippen LogP contribution in [0.4, 0.5) is 5.82 Å². The molecule has 144 valence electrons. The molecule has 1 amide bonds. The first-order valence-corrected chi connectivity index (χ1v) is 8.75. The van der Waals surface area contributed by atoms with Crippen molar-refractivity contribution in [1.82, 2.24) is 10.1 Å². The Hall–Kier alpha value is -3.55. The monoisotopic (exact) mass is 381 g/mol. The van der Waals surface area contributed by atoms with E-state index in [1.54, 1.807) is 32.0 Å². The molecule has 8 nitrogen and oxygen atoms in total. The number of hydrogen-bond acceptors (Lipinski definition) is 6. The topological polar surface area (TPSA) is 113 Å². The van der Waals surface area contributed by atoms with Gasteiger partial charge in [0.05, 0.1) is 11.8 Å². The Morgan fingerprint density at radius 3 is 2.50 bits per heavy atom. The number of aryl methyl sites for hydroxylation is 3. The maximum Gasteiger partial charge on any atom is 0.301 e. The lowest BCUT2D eigenvalue weighted by Gasteiger charge is -2.20. The van der Waals surface area contributed by atoms with Crippen molar-refractivity contribution in [3.63, 3.8) is 0 Å². The number of rotatable bonds is 3. The third-order valence-electron chi connectivity index (χ3n) is 5.04. The molecule has 0 bridgehead atoms. The standard InChI is InChI=1S/C20H19N3O5/c1-9-8-14(22-28-9)23-17(13-6-5-7-27-13)16(19(25)20(23)26)18(24)15-10(2)11(3)21-12(15)4/h5-8,17,21,24H,1-4H3/b18-16+. The molecular weight excluding hydrogens is 362 g/mol. The Bertz CT molecular complexity index is 1120. The maximum atomic E-state index is 12.9. The van der Waals surface area contributed by atoms with E-state index < -0.39 is 17.7 Å². The number of aromatic amines is 1. The number of furan rings is 1. The number of amides is 1. The van der Waals surface area contributed by atoms with E-state index in [0.717, 1.165) is 11.3 Å². The summed E-state index contributed by atoms with van der Waals surface area (Å²) in [6, 6.07) is 3.90. The number of Topliss-reactive ketones (excluding diaryl/α,β-unsaturated/α-hetero) is 1. The van der Waals surface area contributed by atoms with E-state index in [4.69, 9.17) is 8.94 Å². The Morgan fingerprint density at radius 1 is 1.21 bits per heavy atom. The fourth-order valence-corrected chi connectivity index (χ4v) is 3.65. The smallest absolute Gasteiger partial charge is 0.301 e. The molecule has 1 unspecified atom stereocenters. The Morgan fingerprint density at radius 2 is 1.96 bits per heavy atom. The van der Waals surface area contributed by atoms with Gasteiger partial charge in [0.1, 0.15) is 23.3 Å². The van der Waals surface area contributed by atoms with Gasteiger partial charge in [0.25, 0.3) is 5.78 Å². The summed E-state index contributed by atoms with van der Waals surface area (Å²) >= 11 is 0. The highest BCUT2D eigenvalue weighted by Gasteiger charge is 2.49. The molecule has 3 aromatic rings. The molecule has 1 aliphatic heterocycles. The lowest BCUT2D eigenvalue weighted by Crippen LogP contribution is -2.29. The van der Waals surface area contributed by atoms with Crippen molar-refractivity contribution in [3.8, 4) is 0 Å². The maximum absolute atomic E-state index is 12.9. The summed E-state index contributed by atoms with van der Waals surface area (Å²) in [7, 11) is 0. The molecule has 0 aliphatic carbocycles. The minimum Gasteiger partial charge on any atom is -0.507 e. The Balaban J connectivity index is 1.97. The first-order valence-electron chi connectivity index (χ1n) is 8.75. The second-order valence-electron chi connectivity index (χ2n) is 6.86. The van der Waals surface area contributed by atoms with Crippen LogP contribution in [-0.4, -0.2) is 26.9 Å². The molecule has 0 radical (unpaired) electrons. The minimum absolute atomic E-state index is 0.0502. The van der Waals surface area contributed by atoms with Gasteiger partial charge < -0.3 is 19.0 Å². The molecular formula is C20H19N3O5. The van der Waals surface area contributed by atoms with Crippen LogP contribution in [-0.2, 0) is 9.59 Å². The molecule has 8 heteroatoms. The third-order valence-corrected chi connectivity index (χ3v) is 5.04. The molecule has 2 N–H and O–H groups in total. The van der Waals surface area contributed by atoms with Crippen LogP contribution in [0.5, 0.6) is 0 Å². The van der Waals surface area contributed by atoms with E-state index in [-0.39, 0.29) is 17.2 Å². The highest BCUT2D eigenvalue weighted by Crippen LogP contribution is 2.42. The van der Waals surface area contributed by atoms with Crippen LogP contribution >= 0.6 is 0 Å². The van der Waals surface area contributed by atoms with Gasteiger partial charge in [-0.05, 0) is 45.4 Å². The second-order valence-corrected chi connectivity index (χ2v) is 6.86. The number of carbonyl (C=O) groups is 2. The number of aliphatic hydroxyl groups excluding tert-OH is 1. The van der Waals surface area contributed by atoms with Crippen molar-refractivity contribution in [2.75, 3.05) is 4.90 Å². The van der Waals surface area contributed by atoms with Crippen LogP contribution in [0.3, 0.4) is 0 Å². The SMILES string of the molecule is Cc1cc(N2C(=O)C(=O)/C(=C(/O)c3c(C)[nH]c(C)c3C)C2c2ccco2)no1. The predicted octanol–water partition coefficient (Wildman–Crippen LogP) is 3.46. The summed E-state index contributed by atoms with van der Waals surface area (Å²) in [5.74, 6) is -0.858. The van der Waals surface area contributed by atoms with Crippen LogP contribution in [0, 0.1) is 27.7 Å². The highest BCUT2D eigenvalue weighted by atomic mass is 16.5. The number of carbonyl (C=O) groups excluding carboxylic acids is 2.